The fraction of sp³-hybridized carbons (Fsp3) is 0.409. The lowest BCUT2D eigenvalue weighted by Crippen LogP contribution is -2.32. The lowest BCUT2D eigenvalue weighted by Gasteiger charge is -2.25. The van der Waals surface area contributed by atoms with Crippen LogP contribution in [0.5, 0.6) is 0 Å². The van der Waals surface area contributed by atoms with Gasteiger partial charge in [0.25, 0.3) is 5.91 Å². The number of aliphatic hydroxyl groups excluding tert-OH is 1. The monoisotopic (exact) mass is 471 g/mol. The quantitative estimate of drug-likeness (QED) is 0.533. The molecule has 176 valence electrons. The van der Waals surface area contributed by atoms with E-state index < -0.39 is 41.9 Å². The minimum Gasteiger partial charge on any atom is -0.391 e. The number of nitrogens with zero attached hydrogens (tertiary/aromatic N) is 5. The Morgan fingerprint density at radius 3 is 2.85 bits per heavy atom. The van der Waals surface area contributed by atoms with Crippen molar-refractivity contribution in [3.8, 4) is 6.07 Å². The molecule has 12 heteroatoms. The second-order valence-electron chi connectivity index (χ2n) is 8.61. The normalized spacial score (nSPS) is 26.7. The SMILES string of the molecule is N#C[C@H]1C[C@@H](O)[C@H](Nc2ncnc3n[nH]c(C(=O)N4C[C@@H](F)C[C@@H]4c4cc(F)ccc4F)c23)C1. The molecule has 1 saturated carbocycles. The first-order chi connectivity index (χ1) is 16.4. The smallest absolute Gasteiger partial charge is 0.273 e. The minimum absolute atomic E-state index is 0.0432. The van der Waals surface area contributed by atoms with Crippen LogP contribution >= 0.6 is 0 Å². The first-order valence-electron chi connectivity index (χ1n) is 10.8. The van der Waals surface area contributed by atoms with Crippen molar-refractivity contribution in [1.29, 1.82) is 5.26 Å². The summed E-state index contributed by atoms with van der Waals surface area (Å²) in [6, 6.07) is 3.52. The summed E-state index contributed by atoms with van der Waals surface area (Å²) in [4.78, 5) is 22.9. The van der Waals surface area contributed by atoms with Gasteiger partial charge in [-0.05, 0) is 31.0 Å². The van der Waals surface area contributed by atoms with Crippen LogP contribution in [0.2, 0.25) is 0 Å². The lowest BCUT2D eigenvalue weighted by molar-refractivity contribution is 0.0722. The number of carbonyl (C=O) groups is 1. The number of aliphatic hydroxyl groups is 1. The first-order valence-corrected chi connectivity index (χ1v) is 10.8. The summed E-state index contributed by atoms with van der Waals surface area (Å²) in [7, 11) is 0. The molecule has 3 N–H and O–H groups in total. The van der Waals surface area contributed by atoms with Crippen molar-refractivity contribution in [2.24, 2.45) is 5.92 Å². The van der Waals surface area contributed by atoms with E-state index in [-0.39, 0.29) is 47.0 Å². The largest absolute Gasteiger partial charge is 0.391 e. The van der Waals surface area contributed by atoms with Gasteiger partial charge in [-0.15, -0.1) is 0 Å². The molecule has 3 heterocycles. The Morgan fingerprint density at radius 2 is 2.09 bits per heavy atom. The van der Waals surface area contributed by atoms with E-state index in [1.165, 1.54) is 6.33 Å². The molecule has 0 unspecified atom stereocenters. The Morgan fingerprint density at radius 1 is 1.26 bits per heavy atom. The Balaban J connectivity index is 1.50. The summed E-state index contributed by atoms with van der Waals surface area (Å²) < 4.78 is 42.6. The number of nitrogens with one attached hydrogen (secondary N) is 2. The van der Waals surface area contributed by atoms with Crippen molar-refractivity contribution >= 4 is 22.8 Å². The van der Waals surface area contributed by atoms with Gasteiger partial charge < -0.3 is 15.3 Å². The third-order valence-corrected chi connectivity index (χ3v) is 6.43. The highest BCUT2D eigenvalue weighted by Crippen LogP contribution is 2.37. The summed E-state index contributed by atoms with van der Waals surface area (Å²) in [5, 5.41) is 29.4. The molecule has 9 nitrogen and oxygen atoms in total. The van der Waals surface area contributed by atoms with Crippen molar-refractivity contribution in [3.05, 3.63) is 47.4 Å². The van der Waals surface area contributed by atoms with Crippen molar-refractivity contribution in [2.75, 3.05) is 11.9 Å². The molecule has 1 aromatic carbocycles. The first kappa shape index (κ1) is 22.1. The van der Waals surface area contributed by atoms with Gasteiger partial charge in [-0.2, -0.15) is 10.4 Å². The van der Waals surface area contributed by atoms with Crippen molar-refractivity contribution < 1.29 is 23.1 Å². The van der Waals surface area contributed by atoms with Crippen LogP contribution in [0.15, 0.2) is 24.5 Å². The highest BCUT2D eigenvalue weighted by Gasteiger charge is 2.40. The summed E-state index contributed by atoms with van der Waals surface area (Å²) >= 11 is 0. The molecular formula is C22H20F3N7O2. The lowest BCUT2D eigenvalue weighted by atomic mass is 10.0. The molecule has 5 rings (SSSR count). The summed E-state index contributed by atoms with van der Waals surface area (Å²) in [5.41, 5.74) is 0.0107. The van der Waals surface area contributed by atoms with Crippen LogP contribution in [0.3, 0.4) is 0 Å². The summed E-state index contributed by atoms with van der Waals surface area (Å²) in [5.74, 6) is -2.20. The Labute approximate surface area is 191 Å². The number of aromatic amines is 1. The topological polar surface area (TPSA) is 131 Å². The number of fused-ring (bicyclic) bond motifs is 1. The molecule has 2 fully saturated rings. The molecule has 34 heavy (non-hydrogen) atoms. The maximum absolute atomic E-state index is 14.4. The average molecular weight is 471 g/mol. The van der Waals surface area contributed by atoms with Gasteiger partial charge in [-0.3, -0.25) is 9.89 Å². The van der Waals surface area contributed by atoms with Crippen molar-refractivity contribution in [2.45, 2.75) is 43.6 Å². The maximum atomic E-state index is 14.4. The number of amides is 1. The standard InChI is InChI=1S/C22H20F3N7O2/c23-11-1-2-14(25)13(5-11)16-6-12(24)8-32(16)22(34)19-18-20(27-9-28-21(18)31-30-19)29-15-3-10(7-26)4-17(15)33/h1-2,5,9-10,12,15-17,33H,3-4,6,8H2,(H2,27,28,29,30,31)/t10-,12+,15-,16-,17-/m1/s1. The van der Waals surface area contributed by atoms with Gasteiger partial charge in [0, 0.05) is 12.0 Å². The van der Waals surface area contributed by atoms with E-state index in [4.69, 9.17) is 5.26 Å². The van der Waals surface area contributed by atoms with Gasteiger partial charge in [0.2, 0.25) is 0 Å². The van der Waals surface area contributed by atoms with E-state index in [0.717, 1.165) is 23.1 Å². The predicted molar refractivity (Wildman–Crippen MR) is 113 cm³/mol. The van der Waals surface area contributed by atoms with Gasteiger partial charge in [-0.25, -0.2) is 23.1 Å². The third kappa shape index (κ3) is 3.81. The van der Waals surface area contributed by atoms with Crippen molar-refractivity contribution in [3.63, 3.8) is 0 Å². The molecule has 0 radical (unpaired) electrons. The number of hydrogen-bond donors (Lipinski definition) is 3. The molecule has 5 atom stereocenters. The summed E-state index contributed by atoms with van der Waals surface area (Å²) in [6.07, 6.45) is -0.444. The van der Waals surface area contributed by atoms with Crippen LogP contribution in [0, 0.1) is 28.9 Å². The fourth-order valence-electron chi connectivity index (χ4n) is 4.79. The molecule has 1 aliphatic heterocycles. The number of H-pyrrole nitrogens is 1. The second-order valence-corrected chi connectivity index (χ2v) is 8.61. The number of nitriles is 1. The van der Waals surface area contributed by atoms with Crippen LogP contribution in [0.25, 0.3) is 11.0 Å². The Bertz CT molecular complexity index is 1290. The molecule has 2 aliphatic rings. The molecule has 1 aliphatic carbocycles. The summed E-state index contributed by atoms with van der Waals surface area (Å²) in [6.45, 7) is -0.304. The van der Waals surface area contributed by atoms with E-state index in [0.29, 0.717) is 12.8 Å². The van der Waals surface area contributed by atoms with Gasteiger partial charge in [0.1, 0.15) is 35.6 Å². The predicted octanol–water partition coefficient (Wildman–Crippen LogP) is 2.63. The van der Waals surface area contributed by atoms with Crippen LogP contribution in [0.4, 0.5) is 19.0 Å². The number of hydrogen-bond acceptors (Lipinski definition) is 7. The number of benzene rings is 1. The van der Waals surface area contributed by atoms with Crippen LogP contribution < -0.4 is 5.32 Å². The zero-order chi connectivity index (χ0) is 24.0. The van der Waals surface area contributed by atoms with Crippen molar-refractivity contribution in [1.82, 2.24) is 25.1 Å². The van der Waals surface area contributed by atoms with Crippen LogP contribution in [-0.2, 0) is 0 Å². The van der Waals surface area contributed by atoms with Gasteiger partial charge in [0.05, 0.1) is 42.1 Å². The van der Waals surface area contributed by atoms with Crippen LogP contribution in [0.1, 0.15) is 41.4 Å². The van der Waals surface area contributed by atoms with E-state index in [2.05, 4.69) is 31.6 Å². The van der Waals surface area contributed by atoms with Gasteiger partial charge in [-0.1, -0.05) is 0 Å². The average Bonchev–Trinajstić information content (AvgIpc) is 3.52. The molecule has 2 aromatic heterocycles. The molecule has 1 amide bonds. The highest BCUT2D eigenvalue weighted by molar-refractivity contribution is 6.07. The number of rotatable bonds is 4. The van der Waals surface area contributed by atoms with E-state index in [1.807, 2.05) is 0 Å². The molecule has 0 spiro atoms. The van der Waals surface area contributed by atoms with E-state index in [9.17, 15) is 23.1 Å². The number of likely N-dealkylation sites (tertiary alicyclic amines) is 1. The Kier molecular flexibility index (Phi) is 5.57. The number of alkyl halides is 1. The Hall–Kier alpha value is -3.72. The number of halogens is 3. The number of anilines is 1. The minimum atomic E-state index is -1.42. The van der Waals surface area contributed by atoms with Crippen LogP contribution in [-0.4, -0.2) is 60.9 Å². The number of aromatic nitrogens is 4. The molecular weight excluding hydrogens is 451 g/mol. The van der Waals surface area contributed by atoms with E-state index >= 15 is 0 Å². The van der Waals surface area contributed by atoms with E-state index in [1.54, 1.807) is 0 Å². The molecule has 0 bridgehead atoms. The zero-order valence-corrected chi connectivity index (χ0v) is 17.8. The second kappa shape index (κ2) is 8.57. The highest BCUT2D eigenvalue weighted by atomic mass is 19.1. The fourth-order valence-corrected chi connectivity index (χ4v) is 4.79. The number of carbonyl (C=O) groups excluding carboxylic acids is 1. The third-order valence-electron chi connectivity index (χ3n) is 6.43. The molecule has 3 aromatic rings. The van der Waals surface area contributed by atoms with Gasteiger partial charge >= 0.3 is 0 Å². The molecule has 1 saturated heterocycles. The maximum Gasteiger partial charge on any atom is 0.273 e. The van der Waals surface area contributed by atoms with Gasteiger partial charge in [0.15, 0.2) is 5.65 Å². The zero-order valence-electron chi connectivity index (χ0n) is 17.8.